The molecule has 0 aromatic heterocycles. The number of hydrogen-bond donors (Lipinski definition) is 2. The molecule has 0 aliphatic carbocycles. The molecule has 1 atom stereocenters. The van der Waals surface area contributed by atoms with E-state index in [1.165, 1.54) is 0 Å². The lowest BCUT2D eigenvalue weighted by atomic mass is 9.94. The lowest BCUT2D eigenvalue weighted by molar-refractivity contribution is -0.141. The molecule has 0 saturated carbocycles. The Kier molecular flexibility index (Phi) is 5.92. The van der Waals surface area contributed by atoms with E-state index in [-0.39, 0.29) is 12.5 Å². The quantitative estimate of drug-likeness (QED) is 0.874. The molecule has 1 heterocycles. The van der Waals surface area contributed by atoms with Gasteiger partial charge in [0.15, 0.2) is 0 Å². The summed E-state index contributed by atoms with van der Waals surface area (Å²) >= 11 is 1.82. The molecule has 6 heteroatoms. The third-order valence-corrected chi connectivity index (χ3v) is 4.54. The van der Waals surface area contributed by atoms with Crippen LogP contribution in [0.1, 0.15) is 18.4 Å². The molecule has 1 aromatic carbocycles. The van der Waals surface area contributed by atoms with Gasteiger partial charge in [-0.1, -0.05) is 30.3 Å². The molecular formula is C15H19NO4S. The smallest absolute Gasteiger partial charge is 0.408 e. The number of carboxylic acid groups (broad SMARTS) is 1. The summed E-state index contributed by atoms with van der Waals surface area (Å²) in [6, 6.07) is 8.42. The summed E-state index contributed by atoms with van der Waals surface area (Å²) in [5.74, 6) is 0.862. The fraction of sp³-hybridized carbons (Fsp3) is 0.467. The van der Waals surface area contributed by atoms with Crippen molar-refractivity contribution >= 4 is 23.8 Å². The number of carbonyl (C=O) groups excluding carboxylic acids is 1. The highest BCUT2D eigenvalue weighted by Crippen LogP contribution is 2.25. The largest absolute Gasteiger partial charge is 0.480 e. The van der Waals surface area contributed by atoms with Gasteiger partial charge in [-0.05, 0) is 35.8 Å². The van der Waals surface area contributed by atoms with E-state index in [2.05, 4.69) is 5.32 Å². The van der Waals surface area contributed by atoms with Crippen molar-refractivity contribution in [3.63, 3.8) is 0 Å². The van der Waals surface area contributed by atoms with Crippen LogP contribution in [-0.2, 0) is 16.1 Å². The number of carboxylic acids is 1. The van der Waals surface area contributed by atoms with Crippen LogP contribution < -0.4 is 5.32 Å². The van der Waals surface area contributed by atoms with Crippen molar-refractivity contribution in [2.75, 3.05) is 11.5 Å². The second kappa shape index (κ2) is 7.93. The van der Waals surface area contributed by atoms with Crippen LogP contribution in [0.4, 0.5) is 4.79 Å². The molecule has 2 rings (SSSR count). The second-order valence-corrected chi connectivity index (χ2v) is 6.20. The highest BCUT2D eigenvalue weighted by Gasteiger charge is 2.31. The molecule has 1 unspecified atom stereocenters. The van der Waals surface area contributed by atoms with Gasteiger partial charge >= 0.3 is 12.1 Å². The lowest BCUT2D eigenvalue weighted by Gasteiger charge is -2.27. The van der Waals surface area contributed by atoms with Gasteiger partial charge < -0.3 is 15.2 Å². The third kappa shape index (κ3) is 4.97. The van der Waals surface area contributed by atoms with Gasteiger partial charge in [-0.25, -0.2) is 9.59 Å². The lowest BCUT2D eigenvalue weighted by Crippen LogP contribution is -2.47. The van der Waals surface area contributed by atoms with Gasteiger partial charge in [0, 0.05) is 0 Å². The van der Waals surface area contributed by atoms with E-state index in [1.807, 2.05) is 42.1 Å². The minimum Gasteiger partial charge on any atom is -0.480 e. The molecule has 2 N–H and O–H groups in total. The molecule has 21 heavy (non-hydrogen) atoms. The number of nitrogens with one attached hydrogen (secondary N) is 1. The molecule has 1 saturated heterocycles. The van der Waals surface area contributed by atoms with Gasteiger partial charge in [0.2, 0.25) is 0 Å². The second-order valence-electron chi connectivity index (χ2n) is 4.97. The maximum atomic E-state index is 11.8. The van der Waals surface area contributed by atoms with Crippen molar-refractivity contribution in [2.24, 2.45) is 5.92 Å². The zero-order valence-electron chi connectivity index (χ0n) is 11.7. The van der Waals surface area contributed by atoms with Crippen LogP contribution in [0, 0.1) is 5.92 Å². The Morgan fingerprint density at radius 3 is 2.57 bits per heavy atom. The maximum Gasteiger partial charge on any atom is 0.408 e. The first-order valence-electron chi connectivity index (χ1n) is 6.94. The third-order valence-electron chi connectivity index (χ3n) is 3.49. The minimum atomic E-state index is -0.997. The summed E-state index contributed by atoms with van der Waals surface area (Å²) in [4.78, 5) is 23.1. The number of amides is 1. The van der Waals surface area contributed by atoms with Crippen LogP contribution >= 0.6 is 11.8 Å². The molecule has 5 nitrogen and oxygen atoms in total. The topological polar surface area (TPSA) is 75.6 Å². The van der Waals surface area contributed by atoms with Crippen LogP contribution in [0.5, 0.6) is 0 Å². The highest BCUT2D eigenvalue weighted by molar-refractivity contribution is 7.99. The average molecular weight is 309 g/mol. The average Bonchev–Trinajstić information content (AvgIpc) is 2.52. The summed E-state index contributed by atoms with van der Waals surface area (Å²) in [6.07, 6.45) is 0.936. The molecule has 0 spiro atoms. The summed E-state index contributed by atoms with van der Waals surface area (Å²) in [5, 5.41) is 11.8. The number of aliphatic carboxylic acids is 1. The van der Waals surface area contributed by atoms with Crippen molar-refractivity contribution < 1.29 is 19.4 Å². The summed E-state index contributed by atoms with van der Waals surface area (Å²) < 4.78 is 5.08. The fourth-order valence-electron chi connectivity index (χ4n) is 2.32. The number of thioether (sulfide) groups is 1. The van der Waals surface area contributed by atoms with Gasteiger partial charge in [0.05, 0.1) is 0 Å². The number of benzene rings is 1. The van der Waals surface area contributed by atoms with E-state index in [1.54, 1.807) is 0 Å². The molecule has 1 aliphatic rings. The molecule has 1 aromatic rings. The van der Waals surface area contributed by atoms with Crippen molar-refractivity contribution in [1.29, 1.82) is 0 Å². The fourth-order valence-corrected chi connectivity index (χ4v) is 3.47. The molecule has 114 valence electrons. The SMILES string of the molecule is O=C(NC(C(=O)O)C1CCSCC1)OCc1ccccc1. The molecule has 1 fully saturated rings. The Hall–Kier alpha value is -1.69. The Morgan fingerprint density at radius 2 is 1.95 bits per heavy atom. The minimum absolute atomic E-state index is 0.0203. The Labute approximate surface area is 128 Å². The molecular weight excluding hydrogens is 290 g/mol. The normalized spacial score (nSPS) is 17.0. The van der Waals surface area contributed by atoms with E-state index >= 15 is 0 Å². The predicted octanol–water partition coefficient (Wildman–Crippen LogP) is 2.51. The number of carbonyl (C=O) groups is 2. The van der Waals surface area contributed by atoms with Crippen molar-refractivity contribution in [3.05, 3.63) is 35.9 Å². The van der Waals surface area contributed by atoms with Gasteiger partial charge in [0.25, 0.3) is 0 Å². The number of hydrogen-bond acceptors (Lipinski definition) is 4. The van der Waals surface area contributed by atoms with E-state index in [9.17, 15) is 14.7 Å². The summed E-state index contributed by atoms with van der Waals surface area (Å²) in [6.45, 7) is 0.138. The van der Waals surface area contributed by atoms with Crippen LogP contribution in [0.2, 0.25) is 0 Å². The van der Waals surface area contributed by atoms with Crippen molar-refractivity contribution in [2.45, 2.75) is 25.5 Å². The first-order valence-corrected chi connectivity index (χ1v) is 8.10. The number of ether oxygens (including phenoxy) is 1. The monoisotopic (exact) mass is 309 g/mol. The van der Waals surface area contributed by atoms with Crippen molar-refractivity contribution in [1.82, 2.24) is 5.32 Å². The standard InChI is InChI=1S/C15H19NO4S/c17-14(18)13(12-6-8-21-9-7-12)16-15(19)20-10-11-4-2-1-3-5-11/h1-5,12-13H,6-10H2,(H,16,19)(H,17,18). The summed E-state index contributed by atoms with van der Waals surface area (Å²) in [5.41, 5.74) is 0.869. The number of rotatable bonds is 5. The Morgan fingerprint density at radius 1 is 1.29 bits per heavy atom. The Balaban J connectivity index is 1.84. The molecule has 0 radical (unpaired) electrons. The number of alkyl carbamates (subject to hydrolysis) is 1. The van der Waals surface area contributed by atoms with Crippen LogP contribution in [0.3, 0.4) is 0 Å². The molecule has 1 aliphatic heterocycles. The van der Waals surface area contributed by atoms with Crippen LogP contribution in [0.25, 0.3) is 0 Å². The van der Waals surface area contributed by atoms with Gasteiger partial charge in [-0.15, -0.1) is 0 Å². The van der Waals surface area contributed by atoms with Gasteiger partial charge in [0.1, 0.15) is 12.6 Å². The van der Waals surface area contributed by atoms with Crippen LogP contribution in [-0.4, -0.2) is 34.7 Å². The maximum absolute atomic E-state index is 11.8. The van der Waals surface area contributed by atoms with Crippen LogP contribution in [0.15, 0.2) is 30.3 Å². The zero-order chi connectivity index (χ0) is 15.1. The molecule has 0 bridgehead atoms. The van der Waals surface area contributed by atoms with Gasteiger partial charge in [-0.2, -0.15) is 11.8 Å². The zero-order valence-corrected chi connectivity index (χ0v) is 12.5. The summed E-state index contributed by atoms with van der Waals surface area (Å²) in [7, 11) is 0. The highest BCUT2D eigenvalue weighted by atomic mass is 32.2. The van der Waals surface area contributed by atoms with E-state index < -0.39 is 18.1 Å². The van der Waals surface area contributed by atoms with E-state index in [4.69, 9.17) is 4.74 Å². The van der Waals surface area contributed by atoms with Crippen molar-refractivity contribution in [3.8, 4) is 0 Å². The predicted molar refractivity (Wildman–Crippen MR) is 81.2 cm³/mol. The molecule has 1 amide bonds. The van der Waals surface area contributed by atoms with Gasteiger partial charge in [-0.3, -0.25) is 0 Å². The van der Waals surface area contributed by atoms with E-state index in [0.29, 0.717) is 0 Å². The first-order chi connectivity index (χ1) is 10.2. The Bertz CT molecular complexity index is 474. The van der Waals surface area contributed by atoms with E-state index in [0.717, 1.165) is 29.9 Å². The first kappa shape index (κ1) is 15.7.